The van der Waals surface area contributed by atoms with Gasteiger partial charge in [0.15, 0.2) is 6.29 Å². The number of ether oxygens (including phenoxy) is 2. The Morgan fingerprint density at radius 3 is 2.69 bits per heavy atom. The number of aldehydes is 2. The van der Waals surface area contributed by atoms with E-state index in [-0.39, 0.29) is 6.04 Å². The number of methoxy groups -OCH3 is 1. The number of likely N-dealkylation sites (N-methyl/N-ethyl adjacent to an activating group) is 1. The summed E-state index contributed by atoms with van der Waals surface area (Å²) in [5.74, 6) is 1.48. The van der Waals surface area contributed by atoms with Gasteiger partial charge in [0.05, 0.1) is 28.0 Å². The average molecular weight is 694 g/mol. The van der Waals surface area contributed by atoms with Crippen molar-refractivity contribution >= 4 is 64.5 Å². The second-order valence-electron chi connectivity index (χ2n) is 11.0. The molecule has 1 aromatic carbocycles. The molecule has 4 rings (SSSR count). The molecular formula is C35H44ClN7O4S. The summed E-state index contributed by atoms with van der Waals surface area (Å²) in [5, 5.41) is 9.81. The highest BCUT2D eigenvalue weighted by molar-refractivity contribution is 7.18. The Balaban J connectivity index is 0.00000201. The quantitative estimate of drug-likeness (QED) is 0.0895. The number of amidine groups is 1. The number of carbonyl (C=O) groups is 2. The first-order chi connectivity index (χ1) is 23.2. The van der Waals surface area contributed by atoms with Gasteiger partial charge in [-0.3, -0.25) is 19.6 Å². The number of hydrazone groups is 1. The minimum Gasteiger partial charge on any atom is -0.491 e. The van der Waals surface area contributed by atoms with Crippen LogP contribution >= 0.6 is 22.9 Å². The average Bonchev–Trinajstić information content (AvgIpc) is 3.50. The van der Waals surface area contributed by atoms with E-state index in [0.29, 0.717) is 60.0 Å². The minimum absolute atomic E-state index is 0.139. The number of benzene rings is 1. The zero-order valence-electron chi connectivity index (χ0n) is 28.4. The van der Waals surface area contributed by atoms with Crippen LogP contribution in [0.15, 0.2) is 67.8 Å². The maximum atomic E-state index is 12.0. The Kier molecular flexibility index (Phi) is 15.6. The number of hydrogen-bond donors (Lipinski definition) is 2. The van der Waals surface area contributed by atoms with E-state index >= 15 is 0 Å². The van der Waals surface area contributed by atoms with Crippen LogP contribution in [-0.2, 0) is 9.53 Å². The largest absolute Gasteiger partial charge is 0.491 e. The molecule has 2 aromatic heterocycles. The van der Waals surface area contributed by atoms with Crippen LogP contribution in [0.5, 0.6) is 5.75 Å². The van der Waals surface area contributed by atoms with Crippen LogP contribution in [0.3, 0.4) is 0 Å². The third-order valence-corrected chi connectivity index (χ3v) is 8.78. The predicted molar refractivity (Wildman–Crippen MR) is 198 cm³/mol. The lowest BCUT2D eigenvalue weighted by molar-refractivity contribution is -0.105. The number of allylic oxidation sites excluding steroid dienone is 2. The van der Waals surface area contributed by atoms with Crippen molar-refractivity contribution in [3.05, 3.63) is 69.0 Å². The monoisotopic (exact) mass is 693 g/mol. The number of hydrogen-bond acceptors (Lipinski definition) is 11. The maximum absolute atomic E-state index is 12.0. The highest BCUT2D eigenvalue weighted by atomic mass is 35.5. The SMILES string of the molecule is C=N/C(=C\C=N/NC)CNC1CCC(N=C(C)N(C)CCOc2ccc(Cl)cc2-c2cc(C)nc3c(C=O)csc23)=C(C=O)C1.COC. The van der Waals surface area contributed by atoms with E-state index < -0.39 is 0 Å². The molecule has 11 nitrogen and oxygen atoms in total. The molecule has 0 bridgehead atoms. The second kappa shape index (κ2) is 19.6. The number of aromatic nitrogens is 1. The normalized spacial score (nSPS) is 15.3. The van der Waals surface area contributed by atoms with Gasteiger partial charge in [0.25, 0.3) is 0 Å². The van der Waals surface area contributed by atoms with Gasteiger partial charge >= 0.3 is 0 Å². The molecule has 1 aliphatic carbocycles. The van der Waals surface area contributed by atoms with Crippen molar-refractivity contribution in [1.29, 1.82) is 0 Å². The van der Waals surface area contributed by atoms with Gasteiger partial charge in [-0.2, -0.15) is 5.10 Å². The number of pyridine rings is 1. The summed E-state index contributed by atoms with van der Waals surface area (Å²) in [7, 11) is 6.93. The molecule has 13 heteroatoms. The molecule has 0 aliphatic heterocycles. The van der Waals surface area contributed by atoms with Crippen molar-refractivity contribution in [2.75, 3.05) is 48.0 Å². The second-order valence-corrected chi connectivity index (χ2v) is 12.3. The molecule has 1 atom stereocenters. The van der Waals surface area contributed by atoms with Gasteiger partial charge in [0.2, 0.25) is 0 Å². The first kappa shape index (κ1) is 38.2. The first-order valence-electron chi connectivity index (χ1n) is 15.4. The van der Waals surface area contributed by atoms with Crippen LogP contribution in [0.25, 0.3) is 21.3 Å². The number of aliphatic imine (C=N–C) groups is 2. The van der Waals surface area contributed by atoms with E-state index in [9.17, 15) is 9.59 Å². The van der Waals surface area contributed by atoms with Crippen LogP contribution in [0, 0.1) is 6.92 Å². The lowest BCUT2D eigenvalue weighted by atomic mass is 9.92. The molecule has 2 heterocycles. The van der Waals surface area contributed by atoms with E-state index in [4.69, 9.17) is 21.3 Å². The van der Waals surface area contributed by atoms with E-state index in [2.05, 4.69) is 37.3 Å². The van der Waals surface area contributed by atoms with E-state index in [1.807, 2.05) is 49.4 Å². The van der Waals surface area contributed by atoms with Crippen molar-refractivity contribution in [3.63, 3.8) is 0 Å². The van der Waals surface area contributed by atoms with Gasteiger partial charge < -0.3 is 25.1 Å². The van der Waals surface area contributed by atoms with Crippen LogP contribution < -0.4 is 15.5 Å². The van der Waals surface area contributed by atoms with E-state index in [1.54, 1.807) is 39.6 Å². The number of nitrogens with zero attached hydrogens (tertiary/aromatic N) is 5. The summed E-state index contributed by atoms with van der Waals surface area (Å²) < 4.78 is 11.4. The third-order valence-electron chi connectivity index (χ3n) is 7.52. The molecule has 0 amide bonds. The number of halogens is 1. The molecule has 2 N–H and O–H groups in total. The summed E-state index contributed by atoms with van der Waals surface area (Å²) in [4.78, 5) is 39.0. The Morgan fingerprint density at radius 2 is 2.00 bits per heavy atom. The van der Waals surface area contributed by atoms with Crippen molar-refractivity contribution < 1.29 is 19.1 Å². The van der Waals surface area contributed by atoms with Crippen LogP contribution in [0.2, 0.25) is 5.02 Å². The van der Waals surface area contributed by atoms with E-state index in [0.717, 1.165) is 57.7 Å². The third kappa shape index (κ3) is 10.6. The molecule has 1 aliphatic rings. The lowest BCUT2D eigenvalue weighted by Gasteiger charge is -2.26. The molecule has 0 spiro atoms. The number of carbonyl (C=O) groups excluding carboxylic acids is 2. The van der Waals surface area contributed by atoms with Crippen LogP contribution in [0.1, 0.15) is 42.2 Å². The molecule has 0 saturated heterocycles. The van der Waals surface area contributed by atoms with Gasteiger partial charge in [-0.05, 0) is 70.2 Å². The summed E-state index contributed by atoms with van der Waals surface area (Å²) >= 11 is 7.88. The molecule has 48 heavy (non-hydrogen) atoms. The van der Waals surface area contributed by atoms with Crippen molar-refractivity contribution in [2.24, 2.45) is 15.1 Å². The van der Waals surface area contributed by atoms with Crippen molar-refractivity contribution in [3.8, 4) is 16.9 Å². The van der Waals surface area contributed by atoms with Gasteiger partial charge in [-0.1, -0.05) is 11.6 Å². The fraction of sp³-hybridized carbons (Fsp3) is 0.371. The zero-order valence-corrected chi connectivity index (χ0v) is 30.0. The molecule has 3 aromatic rings. The van der Waals surface area contributed by atoms with Crippen LogP contribution in [0.4, 0.5) is 0 Å². The smallest absolute Gasteiger partial charge is 0.153 e. The summed E-state index contributed by atoms with van der Waals surface area (Å²) in [6.07, 6.45) is 7.30. The maximum Gasteiger partial charge on any atom is 0.153 e. The number of nitrogens with one attached hydrogen (secondary N) is 2. The Hall–Kier alpha value is -4.23. The fourth-order valence-corrected chi connectivity index (χ4v) is 6.16. The topological polar surface area (TPSA) is 130 Å². The van der Waals surface area contributed by atoms with E-state index in [1.165, 1.54) is 11.3 Å². The molecule has 256 valence electrons. The Bertz CT molecular complexity index is 1700. The number of thiophene rings is 1. The van der Waals surface area contributed by atoms with Crippen molar-refractivity contribution in [2.45, 2.75) is 39.2 Å². The predicted octanol–water partition coefficient (Wildman–Crippen LogP) is 6.11. The zero-order chi connectivity index (χ0) is 35.1. The van der Waals surface area contributed by atoms with Gasteiger partial charge in [0, 0.05) is 85.6 Å². The molecule has 0 fully saturated rings. The highest BCUT2D eigenvalue weighted by Crippen LogP contribution is 2.40. The standard InChI is InChI=1S/C33H38ClN7O3S.C2H6O/c1-21-14-29(33-32(39-21)24(19-43)20-45-33)28-16-25(34)6-9-31(28)44-13-12-41(5)22(2)40-30-8-7-26(15-23(30)18-42)37-17-27(35-3)10-11-38-36-4;1-3-2/h6,9-11,14,16,18-20,26,36-37H,3,7-8,12-13,15,17H2,1-2,4-5H3;1-2H3/b27-10-,38-11-,40-22?;. The summed E-state index contributed by atoms with van der Waals surface area (Å²) in [6, 6.07) is 7.67. The number of fused-ring (bicyclic) bond motifs is 1. The lowest BCUT2D eigenvalue weighted by Crippen LogP contribution is -2.34. The summed E-state index contributed by atoms with van der Waals surface area (Å²) in [6.45, 7) is 8.96. The molecule has 1 unspecified atom stereocenters. The van der Waals surface area contributed by atoms with Crippen LogP contribution in [-0.4, -0.2) is 95.3 Å². The van der Waals surface area contributed by atoms with Gasteiger partial charge in [-0.25, -0.2) is 4.99 Å². The Labute approximate surface area is 291 Å². The minimum atomic E-state index is 0.139. The highest BCUT2D eigenvalue weighted by Gasteiger charge is 2.21. The van der Waals surface area contributed by atoms with Crippen molar-refractivity contribution in [1.82, 2.24) is 20.6 Å². The summed E-state index contributed by atoms with van der Waals surface area (Å²) in [5.41, 5.74) is 8.79. The molecule has 0 saturated carbocycles. The Morgan fingerprint density at radius 1 is 1.23 bits per heavy atom. The van der Waals surface area contributed by atoms with Gasteiger partial charge in [-0.15, -0.1) is 11.3 Å². The van der Waals surface area contributed by atoms with Gasteiger partial charge in [0.1, 0.15) is 24.5 Å². The number of aryl methyl sites for hydroxylation is 1. The molecular weight excluding hydrogens is 650 g/mol. The first-order valence-corrected chi connectivity index (χ1v) is 16.6. The molecule has 0 radical (unpaired) electrons. The number of rotatable bonds is 14. The fourth-order valence-electron chi connectivity index (χ4n) is 5.00.